The molecule has 0 saturated carbocycles. The van der Waals surface area contributed by atoms with Crippen molar-refractivity contribution in [2.75, 3.05) is 19.0 Å². The van der Waals surface area contributed by atoms with Crippen LogP contribution < -0.4 is 14.8 Å². The number of hydrogen-bond donors (Lipinski definition) is 1. The van der Waals surface area contributed by atoms with E-state index in [0.29, 0.717) is 12.4 Å². The van der Waals surface area contributed by atoms with Gasteiger partial charge in [0.2, 0.25) is 5.91 Å². The van der Waals surface area contributed by atoms with Gasteiger partial charge in [0, 0.05) is 34.3 Å². The number of furan rings is 1. The predicted molar refractivity (Wildman–Crippen MR) is 138 cm³/mol. The number of fused-ring (bicyclic) bond motifs is 1. The second kappa shape index (κ2) is 9.87. The average Bonchev–Trinajstić information content (AvgIpc) is 3.24. The summed E-state index contributed by atoms with van der Waals surface area (Å²) in [5, 5.41) is 3.94. The number of methoxy groups -OCH3 is 1. The van der Waals surface area contributed by atoms with Crippen molar-refractivity contribution in [3.63, 3.8) is 0 Å². The lowest BCUT2D eigenvalue weighted by molar-refractivity contribution is -0.111. The molecule has 0 unspecified atom stereocenters. The molecule has 0 atom stereocenters. The summed E-state index contributed by atoms with van der Waals surface area (Å²) >= 11 is 0. The first kappa shape index (κ1) is 23.2. The molecule has 4 aromatic rings. The highest BCUT2D eigenvalue weighted by Gasteiger charge is 2.16. The highest BCUT2D eigenvalue weighted by Crippen LogP contribution is 2.38. The first-order valence-corrected chi connectivity index (χ1v) is 11.3. The van der Waals surface area contributed by atoms with Gasteiger partial charge in [0.05, 0.1) is 20.0 Å². The molecule has 5 heteroatoms. The minimum Gasteiger partial charge on any atom is -0.497 e. The minimum atomic E-state index is -0.186. The van der Waals surface area contributed by atoms with Crippen molar-refractivity contribution >= 4 is 28.1 Å². The highest BCUT2D eigenvalue weighted by atomic mass is 16.5. The van der Waals surface area contributed by atoms with Crippen molar-refractivity contribution in [2.24, 2.45) is 0 Å². The second-order valence-electron chi connectivity index (χ2n) is 8.29. The van der Waals surface area contributed by atoms with E-state index in [2.05, 4.69) is 5.32 Å². The Balaban J connectivity index is 1.74. The lowest BCUT2D eigenvalue weighted by Crippen LogP contribution is -2.10. The molecule has 0 radical (unpaired) electrons. The lowest BCUT2D eigenvalue weighted by atomic mass is 9.99. The molecule has 3 aromatic carbocycles. The third kappa shape index (κ3) is 4.84. The van der Waals surface area contributed by atoms with Crippen molar-refractivity contribution in [1.29, 1.82) is 0 Å². The summed E-state index contributed by atoms with van der Waals surface area (Å²) in [4.78, 5) is 12.8. The maximum absolute atomic E-state index is 12.8. The molecule has 1 aromatic heterocycles. The fourth-order valence-electron chi connectivity index (χ4n) is 3.97. The van der Waals surface area contributed by atoms with Gasteiger partial charge in [-0.25, -0.2) is 0 Å². The van der Waals surface area contributed by atoms with Crippen molar-refractivity contribution < 1.29 is 18.7 Å². The SMILES string of the molecule is CCOc1cc2occ(-c3cccc(OC)c3)c2cc1/C(C)=C/C(=O)Nc1cc(C)ccc1C. The van der Waals surface area contributed by atoms with Crippen LogP contribution in [0.2, 0.25) is 0 Å². The molecule has 4 rings (SSSR count). The first-order chi connectivity index (χ1) is 16.4. The smallest absolute Gasteiger partial charge is 0.248 e. The van der Waals surface area contributed by atoms with Gasteiger partial charge in [0.15, 0.2) is 0 Å². The summed E-state index contributed by atoms with van der Waals surface area (Å²) in [5.41, 5.74) is 7.22. The van der Waals surface area contributed by atoms with Crippen LogP contribution in [0.25, 0.3) is 27.7 Å². The Morgan fingerprint density at radius 1 is 1.09 bits per heavy atom. The molecule has 0 aliphatic heterocycles. The Labute approximate surface area is 200 Å². The van der Waals surface area contributed by atoms with Gasteiger partial charge in [-0.2, -0.15) is 0 Å². The number of hydrogen-bond acceptors (Lipinski definition) is 4. The third-order valence-corrected chi connectivity index (χ3v) is 5.78. The predicted octanol–water partition coefficient (Wildman–Crippen LogP) is 7.17. The summed E-state index contributed by atoms with van der Waals surface area (Å²) in [5.74, 6) is 1.26. The van der Waals surface area contributed by atoms with Gasteiger partial charge in [-0.1, -0.05) is 24.3 Å². The Hall–Kier alpha value is -3.99. The van der Waals surface area contributed by atoms with E-state index in [4.69, 9.17) is 13.9 Å². The van der Waals surface area contributed by atoms with Gasteiger partial charge in [0.1, 0.15) is 17.1 Å². The van der Waals surface area contributed by atoms with E-state index < -0.39 is 0 Å². The quantitative estimate of drug-likeness (QED) is 0.300. The summed E-state index contributed by atoms with van der Waals surface area (Å²) in [7, 11) is 1.65. The Morgan fingerprint density at radius 3 is 2.68 bits per heavy atom. The zero-order valence-corrected chi connectivity index (χ0v) is 20.2. The van der Waals surface area contributed by atoms with E-state index in [-0.39, 0.29) is 5.91 Å². The molecule has 0 bridgehead atoms. The number of aryl methyl sites for hydroxylation is 2. The average molecular weight is 456 g/mol. The Bertz CT molecular complexity index is 1380. The summed E-state index contributed by atoms with van der Waals surface area (Å²) < 4.78 is 17.1. The van der Waals surface area contributed by atoms with Gasteiger partial charge >= 0.3 is 0 Å². The Kier molecular flexibility index (Phi) is 6.73. The van der Waals surface area contributed by atoms with Crippen LogP contribution in [-0.4, -0.2) is 19.6 Å². The van der Waals surface area contributed by atoms with E-state index in [1.165, 1.54) is 0 Å². The Morgan fingerprint density at radius 2 is 1.91 bits per heavy atom. The third-order valence-electron chi connectivity index (χ3n) is 5.78. The van der Waals surface area contributed by atoms with Crippen LogP contribution >= 0.6 is 0 Å². The van der Waals surface area contributed by atoms with E-state index in [0.717, 1.165) is 55.8 Å². The number of carbonyl (C=O) groups is 1. The molecule has 1 heterocycles. The number of nitrogens with one attached hydrogen (secondary N) is 1. The number of amides is 1. The molecular formula is C29H29NO4. The van der Waals surface area contributed by atoms with Gasteiger partial charge in [-0.15, -0.1) is 0 Å². The van der Waals surface area contributed by atoms with Crippen molar-refractivity contribution in [3.8, 4) is 22.6 Å². The fourth-order valence-corrected chi connectivity index (χ4v) is 3.97. The summed E-state index contributed by atoms with van der Waals surface area (Å²) in [6.45, 7) is 8.34. The van der Waals surface area contributed by atoms with E-state index >= 15 is 0 Å². The number of benzene rings is 3. The van der Waals surface area contributed by atoms with Crippen LogP contribution in [0.15, 0.2) is 71.4 Å². The molecule has 0 aliphatic rings. The van der Waals surface area contributed by atoms with Gasteiger partial charge in [-0.05, 0) is 74.2 Å². The molecule has 34 heavy (non-hydrogen) atoms. The highest BCUT2D eigenvalue weighted by molar-refractivity contribution is 6.05. The molecule has 5 nitrogen and oxygen atoms in total. The monoisotopic (exact) mass is 455 g/mol. The first-order valence-electron chi connectivity index (χ1n) is 11.3. The number of allylic oxidation sites excluding steroid dienone is 1. The normalized spacial score (nSPS) is 11.5. The van der Waals surface area contributed by atoms with E-state index in [1.54, 1.807) is 19.4 Å². The van der Waals surface area contributed by atoms with Crippen LogP contribution in [0.3, 0.4) is 0 Å². The van der Waals surface area contributed by atoms with Crippen LogP contribution in [0, 0.1) is 13.8 Å². The molecular weight excluding hydrogens is 426 g/mol. The zero-order chi connectivity index (χ0) is 24.2. The standard InChI is InChI=1S/C29H29NO4/c1-6-33-27-16-28-24(25(17-34-28)21-8-7-9-22(14-21)32-5)15-23(27)20(4)13-29(31)30-26-12-18(2)10-11-19(26)3/h7-17H,6H2,1-5H3,(H,30,31)/b20-13+. The zero-order valence-electron chi connectivity index (χ0n) is 20.2. The molecule has 0 saturated heterocycles. The summed E-state index contributed by atoms with van der Waals surface area (Å²) in [6.07, 6.45) is 3.35. The number of anilines is 1. The van der Waals surface area contributed by atoms with Gasteiger partial charge < -0.3 is 19.2 Å². The molecule has 1 amide bonds. The van der Waals surface area contributed by atoms with Crippen molar-refractivity contribution in [1.82, 2.24) is 0 Å². The van der Waals surface area contributed by atoms with Crippen molar-refractivity contribution in [3.05, 3.63) is 83.6 Å². The number of rotatable bonds is 7. The minimum absolute atomic E-state index is 0.186. The molecule has 0 fully saturated rings. The molecule has 0 spiro atoms. The van der Waals surface area contributed by atoms with Gasteiger partial charge in [-0.3, -0.25) is 4.79 Å². The maximum Gasteiger partial charge on any atom is 0.248 e. The topological polar surface area (TPSA) is 60.7 Å². The maximum atomic E-state index is 12.8. The van der Waals surface area contributed by atoms with Crippen LogP contribution in [0.1, 0.15) is 30.5 Å². The number of ether oxygens (including phenoxy) is 2. The lowest BCUT2D eigenvalue weighted by Gasteiger charge is -2.12. The largest absolute Gasteiger partial charge is 0.497 e. The van der Waals surface area contributed by atoms with Crippen LogP contribution in [-0.2, 0) is 4.79 Å². The van der Waals surface area contributed by atoms with E-state index in [9.17, 15) is 4.79 Å². The van der Waals surface area contributed by atoms with Crippen LogP contribution in [0.5, 0.6) is 11.5 Å². The number of carbonyl (C=O) groups excluding carboxylic acids is 1. The second-order valence-corrected chi connectivity index (χ2v) is 8.29. The molecule has 1 N–H and O–H groups in total. The summed E-state index contributed by atoms with van der Waals surface area (Å²) in [6, 6.07) is 17.8. The van der Waals surface area contributed by atoms with Crippen LogP contribution in [0.4, 0.5) is 5.69 Å². The fraction of sp³-hybridized carbons (Fsp3) is 0.207. The van der Waals surface area contributed by atoms with Crippen molar-refractivity contribution in [2.45, 2.75) is 27.7 Å². The molecule has 0 aliphatic carbocycles. The van der Waals surface area contributed by atoms with Gasteiger partial charge in [0.25, 0.3) is 0 Å². The van der Waals surface area contributed by atoms with E-state index in [1.807, 2.05) is 82.3 Å². The molecule has 174 valence electrons.